The Kier molecular flexibility index (Phi) is 5.07. The summed E-state index contributed by atoms with van der Waals surface area (Å²) < 4.78 is 0. The molecular formula is C12H23N3. The van der Waals surface area contributed by atoms with Crippen molar-refractivity contribution in [1.29, 1.82) is 5.26 Å². The lowest BCUT2D eigenvalue weighted by atomic mass is 9.88. The van der Waals surface area contributed by atoms with Crippen LogP contribution in [0.4, 0.5) is 0 Å². The highest BCUT2D eigenvalue weighted by molar-refractivity contribution is 4.90. The van der Waals surface area contributed by atoms with Crippen molar-refractivity contribution >= 4 is 0 Å². The Balaban J connectivity index is 2.67. The van der Waals surface area contributed by atoms with Gasteiger partial charge in [0.25, 0.3) is 0 Å². The molecule has 1 rings (SSSR count). The number of hydrogen-bond acceptors (Lipinski definition) is 3. The molecule has 1 heterocycles. The van der Waals surface area contributed by atoms with E-state index in [0.29, 0.717) is 24.4 Å². The Morgan fingerprint density at radius 2 is 2.33 bits per heavy atom. The van der Waals surface area contributed by atoms with E-state index in [0.717, 1.165) is 19.5 Å². The smallest absolute Gasteiger partial charge is 0.0638 e. The Morgan fingerprint density at radius 3 is 2.87 bits per heavy atom. The minimum Gasteiger partial charge on any atom is -0.329 e. The highest BCUT2D eigenvalue weighted by Gasteiger charge is 2.31. The highest BCUT2D eigenvalue weighted by Crippen LogP contribution is 2.26. The molecule has 0 aromatic rings. The molecule has 1 aliphatic heterocycles. The standard InChI is InChI=1S/C12H23N3/c1-3-11(6-7-13)15-8-4-5-10(2)12(15)9-14/h10-12H,3-6,8-9,14H2,1-2H3. The van der Waals surface area contributed by atoms with Crippen molar-refractivity contribution < 1.29 is 0 Å². The minimum absolute atomic E-state index is 0.409. The molecule has 0 aromatic heterocycles. The first-order chi connectivity index (χ1) is 7.24. The quantitative estimate of drug-likeness (QED) is 0.767. The van der Waals surface area contributed by atoms with Gasteiger partial charge in [0.15, 0.2) is 0 Å². The maximum Gasteiger partial charge on any atom is 0.0638 e. The largest absolute Gasteiger partial charge is 0.329 e. The zero-order valence-electron chi connectivity index (χ0n) is 9.95. The zero-order chi connectivity index (χ0) is 11.3. The monoisotopic (exact) mass is 209 g/mol. The summed E-state index contributed by atoms with van der Waals surface area (Å²) in [5.74, 6) is 0.677. The van der Waals surface area contributed by atoms with Gasteiger partial charge >= 0.3 is 0 Å². The molecule has 1 saturated heterocycles. The van der Waals surface area contributed by atoms with E-state index in [2.05, 4.69) is 24.8 Å². The van der Waals surface area contributed by atoms with Crippen LogP contribution in [0.15, 0.2) is 0 Å². The van der Waals surface area contributed by atoms with Gasteiger partial charge in [-0.2, -0.15) is 5.26 Å². The van der Waals surface area contributed by atoms with Crippen LogP contribution in [0.5, 0.6) is 0 Å². The lowest BCUT2D eigenvalue weighted by Gasteiger charge is -2.43. The number of likely N-dealkylation sites (tertiary alicyclic amines) is 1. The third-order valence-corrected chi connectivity index (χ3v) is 3.67. The number of nitriles is 1. The third kappa shape index (κ3) is 2.93. The van der Waals surface area contributed by atoms with Crippen LogP contribution in [0.1, 0.15) is 39.5 Å². The molecule has 1 fully saturated rings. The fourth-order valence-electron chi connectivity index (χ4n) is 2.70. The fraction of sp³-hybridized carbons (Fsp3) is 0.917. The summed E-state index contributed by atoms with van der Waals surface area (Å²) >= 11 is 0. The molecular weight excluding hydrogens is 186 g/mol. The molecule has 0 saturated carbocycles. The second-order valence-electron chi connectivity index (χ2n) is 4.58. The molecule has 0 amide bonds. The number of rotatable bonds is 4. The Bertz CT molecular complexity index is 221. The molecule has 0 aliphatic carbocycles. The summed E-state index contributed by atoms with van der Waals surface area (Å²) in [6.45, 7) is 6.28. The number of piperidine rings is 1. The lowest BCUT2D eigenvalue weighted by Crippen LogP contribution is -2.52. The predicted octanol–water partition coefficient (Wildman–Crippen LogP) is 1.74. The van der Waals surface area contributed by atoms with E-state index in [1.54, 1.807) is 0 Å². The minimum atomic E-state index is 0.409. The molecule has 0 radical (unpaired) electrons. The van der Waals surface area contributed by atoms with Gasteiger partial charge in [0.2, 0.25) is 0 Å². The summed E-state index contributed by atoms with van der Waals surface area (Å²) in [4.78, 5) is 2.47. The summed E-state index contributed by atoms with van der Waals surface area (Å²) in [7, 11) is 0. The van der Waals surface area contributed by atoms with Gasteiger partial charge in [0.05, 0.1) is 12.5 Å². The molecule has 3 nitrogen and oxygen atoms in total. The van der Waals surface area contributed by atoms with E-state index < -0.39 is 0 Å². The summed E-state index contributed by atoms with van der Waals surface area (Å²) in [5, 5.41) is 8.82. The van der Waals surface area contributed by atoms with Gasteiger partial charge in [-0.15, -0.1) is 0 Å². The Labute approximate surface area is 93.2 Å². The van der Waals surface area contributed by atoms with Gasteiger partial charge in [-0.1, -0.05) is 13.8 Å². The Hall–Kier alpha value is -0.590. The van der Waals surface area contributed by atoms with Crippen LogP contribution in [-0.2, 0) is 0 Å². The average molecular weight is 209 g/mol. The van der Waals surface area contributed by atoms with E-state index >= 15 is 0 Å². The Morgan fingerprint density at radius 1 is 1.60 bits per heavy atom. The van der Waals surface area contributed by atoms with Crippen molar-refractivity contribution in [3.63, 3.8) is 0 Å². The highest BCUT2D eigenvalue weighted by atomic mass is 15.2. The summed E-state index contributed by atoms with van der Waals surface area (Å²) in [6.07, 6.45) is 4.22. The van der Waals surface area contributed by atoms with Crippen LogP contribution in [0.3, 0.4) is 0 Å². The van der Waals surface area contributed by atoms with Gasteiger partial charge in [-0.05, 0) is 31.7 Å². The molecule has 15 heavy (non-hydrogen) atoms. The van der Waals surface area contributed by atoms with Crippen molar-refractivity contribution in [2.45, 2.75) is 51.6 Å². The number of nitrogens with two attached hydrogens (primary N) is 1. The summed E-state index contributed by atoms with van der Waals surface area (Å²) in [6, 6.07) is 3.18. The number of hydrogen-bond donors (Lipinski definition) is 1. The van der Waals surface area contributed by atoms with E-state index in [-0.39, 0.29) is 0 Å². The van der Waals surface area contributed by atoms with Gasteiger partial charge in [-0.25, -0.2) is 0 Å². The topological polar surface area (TPSA) is 53.0 Å². The molecule has 3 atom stereocenters. The second kappa shape index (κ2) is 6.09. The van der Waals surface area contributed by atoms with Crippen LogP contribution in [0, 0.1) is 17.2 Å². The normalized spacial score (nSPS) is 29.7. The van der Waals surface area contributed by atoms with Crippen LogP contribution >= 0.6 is 0 Å². The first-order valence-electron chi connectivity index (χ1n) is 6.07. The van der Waals surface area contributed by atoms with Crippen molar-refractivity contribution in [3.05, 3.63) is 0 Å². The van der Waals surface area contributed by atoms with Crippen LogP contribution in [-0.4, -0.2) is 30.1 Å². The van der Waals surface area contributed by atoms with Crippen molar-refractivity contribution in [3.8, 4) is 6.07 Å². The maximum absolute atomic E-state index is 8.82. The second-order valence-corrected chi connectivity index (χ2v) is 4.58. The molecule has 86 valence electrons. The first kappa shape index (κ1) is 12.5. The van der Waals surface area contributed by atoms with Crippen molar-refractivity contribution in [1.82, 2.24) is 4.90 Å². The van der Waals surface area contributed by atoms with Crippen LogP contribution in [0.2, 0.25) is 0 Å². The zero-order valence-corrected chi connectivity index (χ0v) is 9.95. The van der Waals surface area contributed by atoms with Gasteiger partial charge in [0, 0.05) is 18.6 Å². The molecule has 0 spiro atoms. The van der Waals surface area contributed by atoms with Crippen molar-refractivity contribution in [2.75, 3.05) is 13.1 Å². The molecule has 0 aromatic carbocycles. The molecule has 3 unspecified atom stereocenters. The molecule has 0 bridgehead atoms. The van der Waals surface area contributed by atoms with Gasteiger partial charge < -0.3 is 5.73 Å². The average Bonchev–Trinajstić information content (AvgIpc) is 2.25. The van der Waals surface area contributed by atoms with Crippen molar-refractivity contribution in [2.24, 2.45) is 11.7 Å². The SMILES string of the molecule is CCC(CC#N)N1CCCC(C)C1CN. The van der Waals surface area contributed by atoms with Gasteiger partial charge in [0.1, 0.15) is 0 Å². The van der Waals surface area contributed by atoms with Crippen LogP contribution < -0.4 is 5.73 Å². The van der Waals surface area contributed by atoms with E-state index in [9.17, 15) is 0 Å². The maximum atomic E-state index is 8.82. The van der Waals surface area contributed by atoms with Gasteiger partial charge in [-0.3, -0.25) is 4.90 Å². The number of nitrogens with zero attached hydrogens (tertiary/aromatic N) is 2. The van der Waals surface area contributed by atoms with Crippen LogP contribution in [0.25, 0.3) is 0 Å². The molecule has 3 heteroatoms. The van der Waals surface area contributed by atoms with E-state index in [1.165, 1.54) is 12.8 Å². The molecule has 2 N–H and O–H groups in total. The molecule has 1 aliphatic rings. The van der Waals surface area contributed by atoms with E-state index in [1.807, 2.05) is 0 Å². The fourth-order valence-corrected chi connectivity index (χ4v) is 2.70. The third-order valence-electron chi connectivity index (χ3n) is 3.67. The lowest BCUT2D eigenvalue weighted by molar-refractivity contribution is 0.0618. The first-order valence-corrected chi connectivity index (χ1v) is 6.07. The van der Waals surface area contributed by atoms with E-state index in [4.69, 9.17) is 11.0 Å². The summed E-state index contributed by atoms with van der Waals surface area (Å²) in [5.41, 5.74) is 5.85. The predicted molar refractivity (Wildman–Crippen MR) is 62.3 cm³/mol.